The van der Waals surface area contributed by atoms with E-state index < -0.39 is 0 Å². The minimum absolute atomic E-state index is 0.0398. The van der Waals surface area contributed by atoms with Crippen LogP contribution in [0.3, 0.4) is 0 Å². The Labute approximate surface area is 111 Å². The molecule has 1 N–H and O–H groups in total. The maximum absolute atomic E-state index is 12.2. The van der Waals surface area contributed by atoms with Gasteiger partial charge in [-0.3, -0.25) is 9.47 Å². The van der Waals surface area contributed by atoms with Gasteiger partial charge in [-0.05, 0) is 45.0 Å². The minimum atomic E-state index is -0.0398. The standard InChI is InChI=1S/C14H19N3O2/c1-16-8-4-3-5-13(16)17-12-9-10(19-2)6-7-11(12)15-14(17)18/h6-7,9,13H,3-5,8H2,1-2H3,(H,15,18). The molecule has 5 nitrogen and oxygen atoms in total. The summed E-state index contributed by atoms with van der Waals surface area (Å²) < 4.78 is 7.12. The minimum Gasteiger partial charge on any atom is -0.497 e. The van der Waals surface area contributed by atoms with E-state index in [1.165, 1.54) is 6.42 Å². The largest absolute Gasteiger partial charge is 0.497 e. The van der Waals surface area contributed by atoms with Gasteiger partial charge in [-0.1, -0.05) is 0 Å². The second kappa shape index (κ2) is 4.74. The van der Waals surface area contributed by atoms with Crippen molar-refractivity contribution in [3.63, 3.8) is 0 Å². The zero-order valence-electron chi connectivity index (χ0n) is 11.3. The number of nitrogens with one attached hydrogen (secondary N) is 1. The van der Waals surface area contributed by atoms with E-state index in [2.05, 4.69) is 16.9 Å². The molecule has 0 bridgehead atoms. The van der Waals surface area contributed by atoms with Crippen LogP contribution in [-0.4, -0.2) is 35.2 Å². The number of methoxy groups -OCH3 is 1. The molecule has 2 aromatic rings. The number of piperidine rings is 1. The van der Waals surface area contributed by atoms with Crippen molar-refractivity contribution in [2.24, 2.45) is 0 Å². The average Bonchev–Trinajstić information content (AvgIpc) is 2.74. The molecule has 1 aliphatic rings. The Kier molecular flexibility index (Phi) is 3.06. The molecular weight excluding hydrogens is 242 g/mol. The molecule has 0 amide bonds. The summed E-state index contributed by atoms with van der Waals surface area (Å²) in [6.45, 7) is 1.04. The highest BCUT2D eigenvalue weighted by atomic mass is 16.5. The van der Waals surface area contributed by atoms with Gasteiger partial charge in [0.05, 0.1) is 24.3 Å². The molecule has 1 unspecified atom stereocenters. The summed E-state index contributed by atoms with van der Waals surface area (Å²) >= 11 is 0. The Hall–Kier alpha value is -1.75. The van der Waals surface area contributed by atoms with Gasteiger partial charge in [-0.25, -0.2) is 4.79 Å². The Morgan fingerprint density at radius 2 is 2.21 bits per heavy atom. The van der Waals surface area contributed by atoms with Gasteiger partial charge in [0.25, 0.3) is 0 Å². The van der Waals surface area contributed by atoms with E-state index in [1.54, 1.807) is 7.11 Å². The maximum atomic E-state index is 12.2. The van der Waals surface area contributed by atoms with Crippen LogP contribution in [0.15, 0.2) is 23.0 Å². The summed E-state index contributed by atoms with van der Waals surface area (Å²) in [7, 11) is 3.72. The van der Waals surface area contributed by atoms with Gasteiger partial charge in [0.15, 0.2) is 0 Å². The third-order valence-corrected chi connectivity index (χ3v) is 3.95. The summed E-state index contributed by atoms with van der Waals surface area (Å²) in [5.74, 6) is 0.777. The van der Waals surface area contributed by atoms with Crippen molar-refractivity contribution in [2.75, 3.05) is 20.7 Å². The van der Waals surface area contributed by atoms with Crippen LogP contribution in [0.25, 0.3) is 11.0 Å². The van der Waals surface area contributed by atoms with E-state index in [-0.39, 0.29) is 11.9 Å². The molecule has 0 saturated carbocycles. The van der Waals surface area contributed by atoms with Gasteiger partial charge in [-0.2, -0.15) is 0 Å². The number of aromatic nitrogens is 2. The summed E-state index contributed by atoms with van der Waals surface area (Å²) in [5.41, 5.74) is 1.75. The molecule has 2 heterocycles. The zero-order valence-corrected chi connectivity index (χ0v) is 11.3. The third kappa shape index (κ3) is 2.04. The molecule has 0 aliphatic carbocycles. The molecule has 1 fully saturated rings. The van der Waals surface area contributed by atoms with Crippen molar-refractivity contribution in [3.8, 4) is 5.75 Å². The Balaban J connectivity index is 2.15. The Bertz CT molecular complexity index is 644. The van der Waals surface area contributed by atoms with E-state index in [4.69, 9.17) is 4.74 Å². The van der Waals surface area contributed by atoms with Crippen LogP contribution in [-0.2, 0) is 0 Å². The van der Waals surface area contributed by atoms with Gasteiger partial charge in [0.2, 0.25) is 0 Å². The summed E-state index contributed by atoms with van der Waals surface area (Å²) in [4.78, 5) is 17.4. The molecule has 1 atom stereocenters. The predicted octanol–water partition coefficient (Wildman–Crippen LogP) is 1.95. The molecule has 5 heteroatoms. The van der Waals surface area contributed by atoms with Crippen molar-refractivity contribution < 1.29 is 4.74 Å². The fourth-order valence-electron chi connectivity index (χ4n) is 2.91. The molecule has 0 radical (unpaired) electrons. The van der Waals surface area contributed by atoms with E-state index in [1.807, 2.05) is 22.8 Å². The van der Waals surface area contributed by atoms with Gasteiger partial charge < -0.3 is 9.72 Å². The second-order valence-corrected chi connectivity index (χ2v) is 5.14. The number of rotatable bonds is 2. The highest BCUT2D eigenvalue weighted by Gasteiger charge is 2.24. The quantitative estimate of drug-likeness (QED) is 0.899. The SMILES string of the molecule is COc1ccc2[nH]c(=O)n(C3CCCCN3C)c2c1. The number of ether oxygens (including phenoxy) is 1. The van der Waals surface area contributed by atoms with Crippen LogP contribution in [0.5, 0.6) is 5.75 Å². The molecule has 3 rings (SSSR count). The predicted molar refractivity (Wildman–Crippen MR) is 74.6 cm³/mol. The van der Waals surface area contributed by atoms with E-state index in [9.17, 15) is 4.79 Å². The first-order valence-electron chi connectivity index (χ1n) is 6.69. The van der Waals surface area contributed by atoms with Crippen LogP contribution >= 0.6 is 0 Å². The molecule has 1 saturated heterocycles. The fourth-order valence-corrected chi connectivity index (χ4v) is 2.91. The summed E-state index contributed by atoms with van der Waals surface area (Å²) in [6, 6.07) is 5.69. The number of nitrogens with zero attached hydrogens (tertiary/aromatic N) is 2. The number of hydrogen-bond donors (Lipinski definition) is 1. The van der Waals surface area contributed by atoms with E-state index in [0.29, 0.717) is 0 Å². The van der Waals surface area contributed by atoms with Crippen LogP contribution < -0.4 is 10.4 Å². The number of aromatic amines is 1. The van der Waals surface area contributed by atoms with Gasteiger partial charge >= 0.3 is 5.69 Å². The van der Waals surface area contributed by atoms with Crippen molar-refractivity contribution in [2.45, 2.75) is 25.4 Å². The lowest BCUT2D eigenvalue weighted by atomic mass is 10.1. The summed E-state index contributed by atoms with van der Waals surface area (Å²) in [5, 5.41) is 0. The normalized spacial score (nSPS) is 20.8. The van der Waals surface area contributed by atoms with Crippen molar-refractivity contribution >= 4 is 11.0 Å². The lowest BCUT2D eigenvalue weighted by Gasteiger charge is -2.33. The second-order valence-electron chi connectivity index (χ2n) is 5.14. The molecule has 0 spiro atoms. The third-order valence-electron chi connectivity index (χ3n) is 3.95. The zero-order chi connectivity index (χ0) is 13.4. The summed E-state index contributed by atoms with van der Waals surface area (Å²) in [6.07, 6.45) is 3.52. The maximum Gasteiger partial charge on any atom is 0.327 e. The molecular formula is C14H19N3O2. The lowest BCUT2D eigenvalue weighted by Crippen LogP contribution is -2.37. The van der Waals surface area contributed by atoms with Crippen molar-refractivity contribution in [3.05, 3.63) is 28.7 Å². The molecule has 1 aromatic heterocycles. The number of hydrogen-bond acceptors (Lipinski definition) is 3. The van der Waals surface area contributed by atoms with Crippen LogP contribution in [0.4, 0.5) is 0 Å². The molecule has 1 aromatic carbocycles. The van der Waals surface area contributed by atoms with Gasteiger partial charge in [0, 0.05) is 6.07 Å². The molecule has 102 valence electrons. The number of likely N-dealkylation sites (tertiary alicyclic amines) is 1. The first-order valence-corrected chi connectivity index (χ1v) is 6.69. The number of H-pyrrole nitrogens is 1. The highest BCUT2D eigenvalue weighted by molar-refractivity contribution is 5.77. The van der Waals surface area contributed by atoms with Crippen molar-refractivity contribution in [1.82, 2.24) is 14.5 Å². The van der Waals surface area contributed by atoms with E-state index >= 15 is 0 Å². The molecule has 19 heavy (non-hydrogen) atoms. The Morgan fingerprint density at radius 1 is 1.37 bits per heavy atom. The number of fused-ring (bicyclic) bond motifs is 1. The number of benzene rings is 1. The fraction of sp³-hybridized carbons (Fsp3) is 0.500. The van der Waals surface area contributed by atoms with E-state index in [0.717, 1.165) is 36.2 Å². The average molecular weight is 261 g/mol. The topological polar surface area (TPSA) is 50.3 Å². The monoisotopic (exact) mass is 261 g/mol. The number of imidazole rings is 1. The van der Waals surface area contributed by atoms with Gasteiger partial charge in [-0.15, -0.1) is 0 Å². The van der Waals surface area contributed by atoms with Crippen LogP contribution in [0, 0.1) is 0 Å². The lowest BCUT2D eigenvalue weighted by molar-refractivity contribution is 0.128. The highest BCUT2D eigenvalue weighted by Crippen LogP contribution is 2.27. The smallest absolute Gasteiger partial charge is 0.327 e. The molecule has 1 aliphatic heterocycles. The van der Waals surface area contributed by atoms with Gasteiger partial charge in [0.1, 0.15) is 5.75 Å². The first-order chi connectivity index (χ1) is 9.20. The first kappa shape index (κ1) is 12.3. The van der Waals surface area contributed by atoms with Crippen LogP contribution in [0.1, 0.15) is 25.4 Å². The Morgan fingerprint density at radius 3 is 2.95 bits per heavy atom. The van der Waals surface area contributed by atoms with Crippen molar-refractivity contribution in [1.29, 1.82) is 0 Å². The van der Waals surface area contributed by atoms with Crippen LogP contribution in [0.2, 0.25) is 0 Å².